The molecule has 2 aromatic heterocycles. The molecule has 0 aliphatic carbocycles. The molecule has 150 valence electrons. The molecule has 0 saturated carbocycles. The predicted octanol–water partition coefficient (Wildman–Crippen LogP) is 4.78. The van der Waals surface area contributed by atoms with Crippen molar-refractivity contribution in [3.8, 4) is 5.75 Å². The average molecular weight is 381 g/mol. The number of rotatable bonds is 4. The van der Waals surface area contributed by atoms with Gasteiger partial charge in [-0.1, -0.05) is 33.8 Å². The zero-order valence-corrected chi connectivity index (χ0v) is 17.6. The summed E-state index contributed by atoms with van der Waals surface area (Å²) in [5, 5.41) is 7.34. The van der Waals surface area contributed by atoms with Gasteiger partial charge in [-0.25, -0.2) is 9.97 Å². The van der Waals surface area contributed by atoms with Gasteiger partial charge >= 0.3 is 0 Å². The molecule has 5 nitrogen and oxygen atoms in total. The molecule has 2 N–H and O–H groups in total. The van der Waals surface area contributed by atoms with E-state index >= 15 is 0 Å². The van der Waals surface area contributed by atoms with Gasteiger partial charge in [-0.3, -0.25) is 0 Å². The number of aryl methyl sites for hydroxylation is 1. The highest BCUT2D eigenvalue weighted by atomic mass is 16.5. The summed E-state index contributed by atoms with van der Waals surface area (Å²) >= 11 is 0. The minimum absolute atomic E-state index is 0.275. The molecule has 3 unspecified atom stereocenters. The van der Waals surface area contributed by atoms with Crippen molar-refractivity contribution in [1.82, 2.24) is 9.97 Å². The Labute approximate surface area is 168 Å². The summed E-state index contributed by atoms with van der Waals surface area (Å²) in [6.07, 6.45) is 3.99. The van der Waals surface area contributed by atoms with Gasteiger partial charge in [0.2, 0.25) is 0 Å². The summed E-state index contributed by atoms with van der Waals surface area (Å²) in [5.41, 5.74) is 3.68. The van der Waals surface area contributed by atoms with Crippen molar-refractivity contribution in [2.24, 2.45) is 11.8 Å². The molecule has 0 radical (unpaired) electrons. The molecular formula is C23H32N4O. The summed E-state index contributed by atoms with van der Waals surface area (Å²) in [7, 11) is 0. The second-order valence-corrected chi connectivity index (χ2v) is 8.92. The molecule has 0 spiro atoms. The Hall–Kier alpha value is -2.30. The predicted molar refractivity (Wildman–Crippen MR) is 114 cm³/mol. The third-order valence-corrected chi connectivity index (χ3v) is 6.16. The fourth-order valence-electron chi connectivity index (χ4n) is 4.76. The number of fused-ring (bicyclic) bond motifs is 2. The highest BCUT2D eigenvalue weighted by Gasteiger charge is 2.32. The first-order chi connectivity index (χ1) is 13.4. The van der Waals surface area contributed by atoms with Crippen LogP contribution in [-0.4, -0.2) is 28.7 Å². The Kier molecular flexibility index (Phi) is 5.17. The third kappa shape index (κ3) is 3.67. The zero-order chi connectivity index (χ0) is 19.8. The SMILES string of the molecule is Cc1cc2c(nc1C(C)C)NC(C[C@@H](C)C1Nc3ncccc3CC1C)CO2. The lowest BCUT2D eigenvalue weighted by molar-refractivity contribution is 0.245. The Balaban J connectivity index is 1.45. The van der Waals surface area contributed by atoms with Crippen LogP contribution < -0.4 is 15.4 Å². The van der Waals surface area contributed by atoms with Gasteiger partial charge in [0, 0.05) is 17.9 Å². The van der Waals surface area contributed by atoms with Crippen LogP contribution in [0, 0.1) is 18.8 Å². The normalized spacial score (nSPS) is 24.4. The van der Waals surface area contributed by atoms with Gasteiger partial charge < -0.3 is 15.4 Å². The average Bonchev–Trinajstić information content (AvgIpc) is 2.66. The van der Waals surface area contributed by atoms with Gasteiger partial charge in [-0.05, 0) is 60.8 Å². The number of hydrogen-bond donors (Lipinski definition) is 2. The van der Waals surface area contributed by atoms with E-state index in [0.717, 1.165) is 35.9 Å². The van der Waals surface area contributed by atoms with Crippen LogP contribution in [0.15, 0.2) is 24.4 Å². The van der Waals surface area contributed by atoms with Crippen LogP contribution in [-0.2, 0) is 6.42 Å². The Morgan fingerprint density at radius 2 is 2.04 bits per heavy atom. The second-order valence-electron chi connectivity index (χ2n) is 8.92. The van der Waals surface area contributed by atoms with Crippen molar-refractivity contribution in [3.05, 3.63) is 41.2 Å². The van der Waals surface area contributed by atoms with Crippen molar-refractivity contribution in [2.45, 2.75) is 65.5 Å². The minimum Gasteiger partial charge on any atom is -0.488 e. The van der Waals surface area contributed by atoms with Gasteiger partial charge in [-0.15, -0.1) is 0 Å². The van der Waals surface area contributed by atoms with Crippen LogP contribution >= 0.6 is 0 Å². The third-order valence-electron chi connectivity index (χ3n) is 6.16. The van der Waals surface area contributed by atoms with Crippen molar-refractivity contribution >= 4 is 11.6 Å². The molecule has 0 amide bonds. The molecule has 2 aliphatic heterocycles. The standard InChI is InChI=1S/C23H32N4O/c1-13(2)20-16(5)11-19-23(26-20)25-18(12-28-19)10-15(4)21-14(3)9-17-7-6-8-24-22(17)27-21/h6-8,11,13-15,18,21H,9-10,12H2,1-5H3,(H,24,27)(H,25,26)/t14?,15-,18?,21?/m1/s1. The fraction of sp³-hybridized carbons (Fsp3) is 0.565. The lowest BCUT2D eigenvalue weighted by atomic mass is 9.81. The Morgan fingerprint density at radius 1 is 1.21 bits per heavy atom. The molecule has 2 aliphatic rings. The maximum atomic E-state index is 6.07. The lowest BCUT2D eigenvalue weighted by Gasteiger charge is -2.38. The van der Waals surface area contributed by atoms with E-state index in [2.05, 4.69) is 62.4 Å². The smallest absolute Gasteiger partial charge is 0.169 e. The van der Waals surface area contributed by atoms with Crippen molar-refractivity contribution in [3.63, 3.8) is 0 Å². The summed E-state index contributed by atoms with van der Waals surface area (Å²) in [4.78, 5) is 9.40. The Morgan fingerprint density at radius 3 is 2.82 bits per heavy atom. The van der Waals surface area contributed by atoms with Crippen LogP contribution in [0.5, 0.6) is 5.75 Å². The lowest BCUT2D eigenvalue weighted by Crippen LogP contribution is -2.42. The molecule has 0 aromatic carbocycles. The second kappa shape index (κ2) is 7.61. The molecule has 2 aromatic rings. The number of nitrogens with zero attached hydrogens (tertiary/aromatic N) is 2. The number of hydrogen-bond acceptors (Lipinski definition) is 5. The molecule has 4 atom stereocenters. The van der Waals surface area contributed by atoms with E-state index in [1.807, 2.05) is 12.3 Å². The first kappa shape index (κ1) is 19.0. The quantitative estimate of drug-likeness (QED) is 0.799. The van der Waals surface area contributed by atoms with Crippen molar-refractivity contribution in [2.75, 3.05) is 17.2 Å². The molecular weight excluding hydrogens is 348 g/mol. The largest absolute Gasteiger partial charge is 0.488 e. The topological polar surface area (TPSA) is 59.1 Å². The summed E-state index contributed by atoms with van der Waals surface area (Å²) < 4.78 is 6.07. The first-order valence-electron chi connectivity index (χ1n) is 10.5. The van der Waals surface area contributed by atoms with Crippen molar-refractivity contribution < 1.29 is 4.74 Å². The van der Waals surface area contributed by atoms with E-state index in [-0.39, 0.29) is 6.04 Å². The van der Waals surface area contributed by atoms with Crippen molar-refractivity contribution in [1.29, 1.82) is 0 Å². The molecule has 0 fully saturated rings. The maximum absolute atomic E-state index is 6.07. The van der Waals surface area contributed by atoms with E-state index in [1.54, 1.807) is 0 Å². The monoisotopic (exact) mass is 380 g/mol. The van der Waals surface area contributed by atoms with Crippen LogP contribution in [0.2, 0.25) is 0 Å². The molecule has 5 heteroatoms. The van der Waals surface area contributed by atoms with E-state index in [9.17, 15) is 0 Å². The zero-order valence-electron chi connectivity index (χ0n) is 17.6. The maximum Gasteiger partial charge on any atom is 0.169 e. The van der Waals surface area contributed by atoms with Crippen LogP contribution in [0.1, 0.15) is 56.9 Å². The van der Waals surface area contributed by atoms with Gasteiger partial charge in [0.25, 0.3) is 0 Å². The summed E-state index contributed by atoms with van der Waals surface area (Å²) in [5.74, 6) is 4.32. The number of ether oxygens (including phenoxy) is 1. The van der Waals surface area contributed by atoms with Crippen LogP contribution in [0.4, 0.5) is 11.6 Å². The Bertz CT molecular complexity index is 850. The molecule has 4 rings (SSSR count). The summed E-state index contributed by atoms with van der Waals surface area (Å²) in [6.45, 7) is 11.8. The highest BCUT2D eigenvalue weighted by Crippen LogP contribution is 2.35. The highest BCUT2D eigenvalue weighted by molar-refractivity contribution is 5.55. The number of pyridine rings is 2. The molecule has 4 heterocycles. The van der Waals surface area contributed by atoms with Crippen LogP contribution in [0.25, 0.3) is 0 Å². The van der Waals surface area contributed by atoms with E-state index in [1.165, 1.54) is 11.1 Å². The number of aromatic nitrogens is 2. The van der Waals surface area contributed by atoms with Gasteiger partial charge in [0.15, 0.2) is 11.6 Å². The van der Waals surface area contributed by atoms with E-state index in [4.69, 9.17) is 9.72 Å². The molecule has 0 saturated heterocycles. The van der Waals surface area contributed by atoms with E-state index < -0.39 is 0 Å². The summed E-state index contributed by atoms with van der Waals surface area (Å²) in [6, 6.07) is 7.02. The number of anilines is 2. The molecule has 0 bridgehead atoms. The van der Waals surface area contributed by atoms with Crippen LogP contribution in [0.3, 0.4) is 0 Å². The molecule has 28 heavy (non-hydrogen) atoms. The fourth-order valence-corrected chi connectivity index (χ4v) is 4.76. The number of nitrogens with one attached hydrogen (secondary N) is 2. The first-order valence-corrected chi connectivity index (χ1v) is 10.5. The van der Waals surface area contributed by atoms with Gasteiger partial charge in [0.05, 0.1) is 6.04 Å². The van der Waals surface area contributed by atoms with Gasteiger partial charge in [-0.2, -0.15) is 0 Å². The van der Waals surface area contributed by atoms with Gasteiger partial charge in [0.1, 0.15) is 12.4 Å². The van der Waals surface area contributed by atoms with E-state index in [0.29, 0.717) is 30.4 Å². The minimum atomic E-state index is 0.275.